The number of amides is 1. The van der Waals surface area contributed by atoms with Crippen LogP contribution in [0.5, 0.6) is 5.75 Å². The fourth-order valence-corrected chi connectivity index (χ4v) is 5.00. The maximum absolute atomic E-state index is 12.5. The van der Waals surface area contributed by atoms with Crippen molar-refractivity contribution in [2.75, 3.05) is 0 Å². The summed E-state index contributed by atoms with van der Waals surface area (Å²) in [5.41, 5.74) is 2.19. The van der Waals surface area contributed by atoms with Gasteiger partial charge in [0.05, 0.1) is 15.6 Å². The van der Waals surface area contributed by atoms with E-state index in [0.29, 0.717) is 26.3 Å². The van der Waals surface area contributed by atoms with E-state index in [1.165, 1.54) is 36.0 Å². The molecular formula is C23H16Cl2N2O4S2. The minimum absolute atomic E-state index is 0.00657. The van der Waals surface area contributed by atoms with Crippen LogP contribution in [0.2, 0.25) is 10.0 Å². The molecule has 0 bridgehead atoms. The van der Waals surface area contributed by atoms with Gasteiger partial charge in [-0.15, -0.1) is 0 Å². The first-order valence-corrected chi connectivity index (χ1v) is 12.5. The Bertz CT molecular complexity index is 1380. The van der Waals surface area contributed by atoms with Crippen LogP contribution in [0.15, 0.2) is 81.5 Å². The third kappa shape index (κ3) is 5.78. The number of nitrogens with zero attached hydrogens (tertiary/aromatic N) is 1. The molecule has 1 aliphatic heterocycles. The maximum Gasteiger partial charge on any atom is 0.339 e. The maximum atomic E-state index is 12.5. The highest BCUT2D eigenvalue weighted by atomic mass is 35.5. The van der Waals surface area contributed by atoms with Gasteiger partial charge in [-0.2, -0.15) is 8.42 Å². The summed E-state index contributed by atoms with van der Waals surface area (Å²) in [6.07, 6.45) is 1.63. The van der Waals surface area contributed by atoms with Crippen LogP contribution in [0, 0.1) is 6.92 Å². The van der Waals surface area contributed by atoms with Gasteiger partial charge in [-0.05, 0) is 78.9 Å². The van der Waals surface area contributed by atoms with Gasteiger partial charge in [0.1, 0.15) is 4.90 Å². The largest absolute Gasteiger partial charge is 0.377 e. The number of nitrogens with one attached hydrogen (secondary N) is 1. The lowest BCUT2D eigenvalue weighted by Gasteiger charge is -2.09. The Kier molecular flexibility index (Phi) is 6.81. The second-order valence-electron chi connectivity index (χ2n) is 7.00. The van der Waals surface area contributed by atoms with E-state index in [-0.39, 0.29) is 21.6 Å². The Labute approximate surface area is 205 Å². The highest BCUT2D eigenvalue weighted by Crippen LogP contribution is 2.32. The third-order valence-corrected chi connectivity index (χ3v) is 7.18. The normalized spacial score (nSPS) is 16.3. The summed E-state index contributed by atoms with van der Waals surface area (Å²) in [7, 11) is -4.03. The summed E-state index contributed by atoms with van der Waals surface area (Å²) in [6.45, 7) is 1.86. The lowest BCUT2D eigenvalue weighted by atomic mass is 10.2. The van der Waals surface area contributed by atoms with Crippen molar-refractivity contribution in [2.24, 2.45) is 4.99 Å². The number of hydrogen-bond donors (Lipinski definition) is 1. The number of aryl methyl sites for hydroxylation is 1. The van der Waals surface area contributed by atoms with Gasteiger partial charge in [-0.25, -0.2) is 4.99 Å². The molecule has 1 N–H and O–H groups in total. The number of rotatable bonds is 5. The Morgan fingerprint density at radius 3 is 2.36 bits per heavy atom. The minimum Gasteiger partial charge on any atom is -0.377 e. The number of thioether (sulfide) groups is 1. The number of halogens is 2. The van der Waals surface area contributed by atoms with Crippen molar-refractivity contribution < 1.29 is 17.4 Å². The lowest BCUT2D eigenvalue weighted by molar-refractivity contribution is -0.115. The molecule has 1 saturated heterocycles. The van der Waals surface area contributed by atoms with Gasteiger partial charge in [0.2, 0.25) is 0 Å². The van der Waals surface area contributed by atoms with E-state index in [0.717, 1.165) is 5.56 Å². The SMILES string of the molecule is Cc1ccc(S(=O)(=O)Oc2ccc(/C=C3\SC(=Nc4ccc(Cl)cc4)NC3=O)cc2Cl)cc1. The molecule has 6 nitrogen and oxygen atoms in total. The van der Waals surface area contributed by atoms with Crippen molar-refractivity contribution in [2.45, 2.75) is 11.8 Å². The van der Waals surface area contributed by atoms with Crippen LogP contribution in [0.25, 0.3) is 6.08 Å². The lowest BCUT2D eigenvalue weighted by Crippen LogP contribution is -2.19. The highest BCUT2D eigenvalue weighted by Gasteiger charge is 2.24. The second-order valence-corrected chi connectivity index (χ2v) is 10.4. The average molecular weight is 519 g/mol. The van der Waals surface area contributed by atoms with E-state index >= 15 is 0 Å². The Hall–Kier alpha value is -2.78. The molecule has 3 aromatic carbocycles. The molecule has 1 fully saturated rings. The van der Waals surface area contributed by atoms with E-state index in [4.69, 9.17) is 27.4 Å². The van der Waals surface area contributed by atoms with Crippen LogP contribution in [0.4, 0.5) is 5.69 Å². The standard InChI is InChI=1S/C23H16Cl2N2O4S2/c1-14-2-9-18(10-3-14)33(29,30)31-20-11-4-15(12-19(20)25)13-21-22(28)27-23(32-21)26-17-7-5-16(24)6-8-17/h2-13H,1H3,(H,26,27,28)/b21-13-. The number of amidine groups is 1. The molecule has 0 saturated carbocycles. The summed E-state index contributed by atoms with van der Waals surface area (Å²) >= 11 is 13.3. The van der Waals surface area contributed by atoms with Crippen LogP contribution in [-0.2, 0) is 14.9 Å². The van der Waals surface area contributed by atoms with Crippen molar-refractivity contribution in [3.8, 4) is 5.75 Å². The Morgan fingerprint density at radius 2 is 1.70 bits per heavy atom. The molecule has 168 valence electrons. The molecule has 0 radical (unpaired) electrons. The molecule has 10 heteroatoms. The summed E-state index contributed by atoms with van der Waals surface area (Å²) in [5, 5.41) is 3.83. The van der Waals surface area contributed by atoms with Crippen molar-refractivity contribution in [3.05, 3.63) is 92.8 Å². The zero-order valence-corrected chi connectivity index (χ0v) is 20.2. The van der Waals surface area contributed by atoms with E-state index in [9.17, 15) is 13.2 Å². The first-order valence-electron chi connectivity index (χ1n) is 9.55. The molecule has 0 atom stereocenters. The highest BCUT2D eigenvalue weighted by molar-refractivity contribution is 8.18. The molecule has 0 spiro atoms. The fraction of sp³-hybridized carbons (Fsp3) is 0.0435. The third-order valence-electron chi connectivity index (χ3n) is 4.47. The number of hydrogen-bond acceptors (Lipinski definition) is 6. The number of benzene rings is 3. The van der Waals surface area contributed by atoms with E-state index in [2.05, 4.69) is 10.3 Å². The van der Waals surface area contributed by atoms with Crippen molar-refractivity contribution in [1.82, 2.24) is 5.32 Å². The van der Waals surface area contributed by atoms with Crippen molar-refractivity contribution in [3.63, 3.8) is 0 Å². The second kappa shape index (κ2) is 9.61. The zero-order valence-electron chi connectivity index (χ0n) is 17.1. The van der Waals surface area contributed by atoms with Gasteiger partial charge >= 0.3 is 10.1 Å². The van der Waals surface area contributed by atoms with Gasteiger partial charge in [0.25, 0.3) is 5.91 Å². The summed E-state index contributed by atoms with van der Waals surface area (Å²) < 4.78 is 30.2. The first kappa shape index (κ1) is 23.4. The molecule has 33 heavy (non-hydrogen) atoms. The molecule has 0 unspecified atom stereocenters. The topological polar surface area (TPSA) is 84.8 Å². The monoisotopic (exact) mass is 518 g/mol. The predicted molar refractivity (Wildman–Crippen MR) is 133 cm³/mol. The average Bonchev–Trinajstić information content (AvgIpc) is 3.10. The molecule has 0 aliphatic carbocycles. The van der Waals surface area contributed by atoms with Crippen LogP contribution in [-0.4, -0.2) is 19.5 Å². The molecule has 1 heterocycles. The smallest absolute Gasteiger partial charge is 0.339 e. The van der Waals surface area contributed by atoms with Gasteiger partial charge < -0.3 is 9.50 Å². The van der Waals surface area contributed by atoms with Gasteiger partial charge in [-0.3, -0.25) is 4.79 Å². The van der Waals surface area contributed by atoms with Gasteiger partial charge in [-0.1, -0.05) is 47.0 Å². The number of carbonyl (C=O) groups is 1. The quantitative estimate of drug-likeness (QED) is 0.332. The first-order chi connectivity index (χ1) is 15.7. The fourth-order valence-electron chi connectivity index (χ4n) is 2.81. The summed E-state index contributed by atoms with van der Waals surface area (Å²) in [4.78, 5) is 17.1. The summed E-state index contributed by atoms with van der Waals surface area (Å²) in [6, 6.07) is 17.8. The molecule has 4 rings (SSSR count). The number of carbonyl (C=O) groups excluding carboxylic acids is 1. The van der Waals surface area contributed by atoms with E-state index in [1.807, 2.05) is 6.92 Å². The van der Waals surface area contributed by atoms with Gasteiger partial charge in [0, 0.05) is 5.02 Å². The molecule has 1 aliphatic rings. The molecule has 3 aromatic rings. The molecule has 1 amide bonds. The number of aliphatic imine (C=N–C) groups is 1. The molecule has 0 aromatic heterocycles. The van der Waals surface area contributed by atoms with Gasteiger partial charge in [0.15, 0.2) is 10.9 Å². The summed E-state index contributed by atoms with van der Waals surface area (Å²) in [5.74, 6) is -0.306. The van der Waals surface area contributed by atoms with Crippen LogP contribution in [0.1, 0.15) is 11.1 Å². The van der Waals surface area contributed by atoms with Crippen LogP contribution >= 0.6 is 35.0 Å². The van der Waals surface area contributed by atoms with Crippen LogP contribution in [0.3, 0.4) is 0 Å². The minimum atomic E-state index is -4.03. The van der Waals surface area contributed by atoms with E-state index < -0.39 is 10.1 Å². The predicted octanol–water partition coefficient (Wildman–Crippen LogP) is 5.96. The zero-order chi connectivity index (χ0) is 23.6. The van der Waals surface area contributed by atoms with Crippen molar-refractivity contribution in [1.29, 1.82) is 0 Å². The molecular weight excluding hydrogens is 503 g/mol. The van der Waals surface area contributed by atoms with Crippen LogP contribution < -0.4 is 9.50 Å². The van der Waals surface area contributed by atoms with Crippen molar-refractivity contribution >= 4 is 67.9 Å². The Morgan fingerprint density at radius 1 is 1.00 bits per heavy atom. The Balaban J connectivity index is 1.51. The van der Waals surface area contributed by atoms with E-state index in [1.54, 1.807) is 48.5 Å².